The van der Waals surface area contributed by atoms with Crippen LogP contribution in [-0.2, 0) is 9.53 Å². The van der Waals surface area contributed by atoms with Gasteiger partial charge < -0.3 is 14.6 Å². The van der Waals surface area contributed by atoms with E-state index in [2.05, 4.69) is 15.6 Å². The number of aryl methyl sites for hydroxylation is 2. The monoisotopic (exact) mass is 398 g/mol. The quantitative estimate of drug-likeness (QED) is 0.635. The Morgan fingerprint density at radius 2 is 1.90 bits per heavy atom. The lowest BCUT2D eigenvalue weighted by molar-refractivity contribution is -0.119. The standard InChI is InChI=1S/C20H22N4O5/c1-5-15(24-19(26)17-16(11(3)22-24)12(4)29-23-17)18(25)21-14-9-7-13(8-10-14)20(27)28-6-2/h7-10,15H,5-6H2,1-4H3,(H,21,25). The molecule has 0 aliphatic carbocycles. The van der Waals surface area contributed by atoms with E-state index >= 15 is 0 Å². The van der Waals surface area contributed by atoms with E-state index in [-0.39, 0.29) is 12.1 Å². The predicted molar refractivity (Wildman–Crippen MR) is 106 cm³/mol. The van der Waals surface area contributed by atoms with Gasteiger partial charge in [-0.15, -0.1) is 0 Å². The Hall–Kier alpha value is -3.49. The molecule has 1 N–H and O–H groups in total. The van der Waals surface area contributed by atoms with Gasteiger partial charge in [-0.3, -0.25) is 9.59 Å². The molecule has 1 amide bonds. The van der Waals surface area contributed by atoms with Crippen LogP contribution in [0.15, 0.2) is 33.6 Å². The van der Waals surface area contributed by atoms with Gasteiger partial charge in [-0.2, -0.15) is 5.10 Å². The van der Waals surface area contributed by atoms with Crippen molar-refractivity contribution in [3.8, 4) is 0 Å². The van der Waals surface area contributed by atoms with Crippen LogP contribution in [0.5, 0.6) is 0 Å². The van der Waals surface area contributed by atoms with Crippen LogP contribution in [0.3, 0.4) is 0 Å². The smallest absolute Gasteiger partial charge is 0.338 e. The number of nitrogens with one attached hydrogen (secondary N) is 1. The first-order valence-corrected chi connectivity index (χ1v) is 9.30. The highest BCUT2D eigenvalue weighted by molar-refractivity contribution is 5.95. The molecular formula is C20H22N4O5. The minimum Gasteiger partial charge on any atom is -0.462 e. The molecule has 9 nitrogen and oxygen atoms in total. The van der Waals surface area contributed by atoms with E-state index in [1.54, 1.807) is 52.0 Å². The fraction of sp³-hybridized carbons (Fsp3) is 0.350. The van der Waals surface area contributed by atoms with E-state index in [4.69, 9.17) is 9.26 Å². The molecule has 0 saturated carbocycles. The van der Waals surface area contributed by atoms with Gasteiger partial charge in [-0.1, -0.05) is 12.1 Å². The maximum atomic E-state index is 12.8. The van der Waals surface area contributed by atoms with Crippen molar-refractivity contribution in [1.82, 2.24) is 14.9 Å². The molecule has 3 rings (SSSR count). The Kier molecular flexibility index (Phi) is 5.76. The number of carbonyl (C=O) groups excluding carboxylic acids is 2. The van der Waals surface area contributed by atoms with Crippen LogP contribution in [0.4, 0.5) is 5.69 Å². The average molecular weight is 398 g/mol. The lowest BCUT2D eigenvalue weighted by atomic mass is 10.1. The molecule has 0 aliphatic heterocycles. The molecule has 1 unspecified atom stereocenters. The van der Waals surface area contributed by atoms with Gasteiger partial charge in [0, 0.05) is 5.69 Å². The van der Waals surface area contributed by atoms with E-state index in [1.165, 1.54) is 0 Å². The second-order valence-corrected chi connectivity index (χ2v) is 6.51. The molecule has 9 heteroatoms. The molecule has 0 aliphatic rings. The van der Waals surface area contributed by atoms with Crippen molar-refractivity contribution in [1.29, 1.82) is 0 Å². The molecule has 29 heavy (non-hydrogen) atoms. The predicted octanol–water partition coefficient (Wildman–Crippen LogP) is 2.77. The molecule has 0 spiro atoms. The molecular weight excluding hydrogens is 376 g/mol. The van der Waals surface area contributed by atoms with Gasteiger partial charge in [-0.05, 0) is 51.5 Å². The van der Waals surface area contributed by atoms with Crippen molar-refractivity contribution < 1.29 is 18.8 Å². The van der Waals surface area contributed by atoms with Crippen LogP contribution in [0.2, 0.25) is 0 Å². The zero-order chi connectivity index (χ0) is 21.1. The van der Waals surface area contributed by atoms with Crippen molar-refractivity contribution in [3.05, 3.63) is 51.6 Å². The lowest BCUT2D eigenvalue weighted by Gasteiger charge is -2.17. The number of aromatic nitrogens is 3. The number of anilines is 1. The molecule has 1 aromatic carbocycles. The summed E-state index contributed by atoms with van der Waals surface area (Å²) in [6.45, 7) is 7.24. The summed E-state index contributed by atoms with van der Waals surface area (Å²) in [6.07, 6.45) is 0.349. The topological polar surface area (TPSA) is 116 Å². The molecule has 1 atom stereocenters. The minimum absolute atomic E-state index is 0.153. The molecule has 0 saturated heterocycles. The van der Waals surface area contributed by atoms with Crippen molar-refractivity contribution in [2.75, 3.05) is 11.9 Å². The highest BCUT2D eigenvalue weighted by atomic mass is 16.5. The highest BCUT2D eigenvalue weighted by Gasteiger charge is 2.25. The van der Waals surface area contributed by atoms with Gasteiger partial charge in [-0.25, -0.2) is 9.48 Å². The van der Waals surface area contributed by atoms with Crippen molar-refractivity contribution in [3.63, 3.8) is 0 Å². The fourth-order valence-electron chi connectivity index (χ4n) is 3.12. The summed E-state index contributed by atoms with van der Waals surface area (Å²) in [6, 6.07) is 5.50. The Labute approximate surface area is 166 Å². The van der Waals surface area contributed by atoms with Crippen LogP contribution in [0.25, 0.3) is 10.9 Å². The van der Waals surface area contributed by atoms with E-state index in [9.17, 15) is 14.4 Å². The van der Waals surface area contributed by atoms with E-state index in [0.717, 1.165) is 4.68 Å². The van der Waals surface area contributed by atoms with Gasteiger partial charge in [0.25, 0.3) is 5.56 Å². The first-order chi connectivity index (χ1) is 13.9. The highest BCUT2D eigenvalue weighted by Crippen LogP contribution is 2.20. The van der Waals surface area contributed by atoms with Gasteiger partial charge in [0.15, 0.2) is 5.52 Å². The van der Waals surface area contributed by atoms with Gasteiger partial charge in [0.1, 0.15) is 11.8 Å². The second kappa shape index (κ2) is 8.26. The summed E-state index contributed by atoms with van der Waals surface area (Å²) >= 11 is 0. The molecule has 0 radical (unpaired) electrons. The Bertz CT molecular complexity index is 1110. The number of rotatable bonds is 6. The summed E-state index contributed by atoms with van der Waals surface area (Å²) in [4.78, 5) is 37.3. The third kappa shape index (κ3) is 3.89. The SMILES string of the molecule is CCOC(=O)c1ccc(NC(=O)C(CC)n2nc(C)c3c(C)onc3c2=O)cc1. The average Bonchev–Trinajstić information content (AvgIpc) is 3.09. The Morgan fingerprint density at radius 1 is 1.21 bits per heavy atom. The maximum Gasteiger partial charge on any atom is 0.338 e. The zero-order valence-electron chi connectivity index (χ0n) is 16.7. The summed E-state index contributed by atoms with van der Waals surface area (Å²) < 4.78 is 11.2. The number of amides is 1. The van der Waals surface area contributed by atoms with E-state index in [1.807, 2.05) is 0 Å². The summed E-state index contributed by atoms with van der Waals surface area (Å²) in [5.74, 6) is -0.322. The second-order valence-electron chi connectivity index (χ2n) is 6.51. The number of carbonyl (C=O) groups is 2. The molecule has 2 heterocycles. The number of fused-ring (bicyclic) bond motifs is 1. The summed E-state index contributed by atoms with van der Waals surface area (Å²) in [5.41, 5.74) is 1.10. The molecule has 152 valence electrons. The van der Waals surface area contributed by atoms with Gasteiger partial charge in [0.05, 0.1) is 23.3 Å². The van der Waals surface area contributed by atoms with Crippen molar-refractivity contribution in [2.24, 2.45) is 0 Å². The molecule has 3 aromatic rings. The van der Waals surface area contributed by atoms with Crippen LogP contribution in [0, 0.1) is 13.8 Å². The van der Waals surface area contributed by atoms with Crippen LogP contribution >= 0.6 is 0 Å². The number of benzene rings is 1. The zero-order valence-corrected chi connectivity index (χ0v) is 16.7. The number of hydrogen-bond acceptors (Lipinski definition) is 7. The van der Waals surface area contributed by atoms with Crippen LogP contribution in [0.1, 0.15) is 48.1 Å². The van der Waals surface area contributed by atoms with Gasteiger partial charge in [0.2, 0.25) is 5.91 Å². The summed E-state index contributed by atoms with van der Waals surface area (Å²) in [5, 5.41) is 11.4. The fourth-order valence-corrected chi connectivity index (χ4v) is 3.12. The number of ether oxygens (including phenoxy) is 1. The van der Waals surface area contributed by atoms with E-state index < -0.39 is 23.5 Å². The normalized spacial score (nSPS) is 12.0. The number of nitrogens with zero attached hydrogens (tertiary/aromatic N) is 3. The maximum absolute atomic E-state index is 12.8. The third-order valence-corrected chi connectivity index (χ3v) is 4.54. The Balaban J connectivity index is 1.86. The number of hydrogen-bond donors (Lipinski definition) is 1. The lowest BCUT2D eigenvalue weighted by Crippen LogP contribution is -2.35. The molecule has 0 bridgehead atoms. The summed E-state index contributed by atoms with van der Waals surface area (Å²) in [7, 11) is 0. The van der Waals surface area contributed by atoms with Gasteiger partial charge >= 0.3 is 5.97 Å². The largest absolute Gasteiger partial charge is 0.462 e. The third-order valence-electron chi connectivity index (χ3n) is 4.54. The van der Waals surface area contributed by atoms with Crippen LogP contribution in [-0.4, -0.2) is 33.4 Å². The first-order valence-electron chi connectivity index (χ1n) is 9.30. The first kappa shape index (κ1) is 20.2. The molecule has 0 fully saturated rings. The van der Waals surface area contributed by atoms with E-state index in [0.29, 0.717) is 34.5 Å². The van der Waals surface area contributed by atoms with Crippen LogP contribution < -0.4 is 10.9 Å². The molecule has 2 aromatic heterocycles. The number of esters is 1. The van der Waals surface area contributed by atoms with Crippen molar-refractivity contribution >= 4 is 28.5 Å². The Morgan fingerprint density at radius 3 is 2.52 bits per heavy atom. The minimum atomic E-state index is -0.827. The van der Waals surface area contributed by atoms with Crippen molar-refractivity contribution in [2.45, 2.75) is 40.2 Å².